The Kier molecular flexibility index (Phi) is 8.96. The third kappa shape index (κ3) is 6.02. The van der Waals surface area contributed by atoms with Crippen molar-refractivity contribution in [2.75, 3.05) is 38.0 Å². The first kappa shape index (κ1) is 33.0. The van der Waals surface area contributed by atoms with E-state index in [0.29, 0.717) is 18.4 Å². The van der Waals surface area contributed by atoms with Gasteiger partial charge in [-0.15, -0.1) is 0 Å². The highest BCUT2D eigenvalue weighted by atomic mass is 31.2. The molecule has 0 amide bonds. The first-order valence-electron chi connectivity index (χ1n) is 18.0. The number of rotatable bonds is 8. The lowest BCUT2D eigenvalue weighted by Crippen LogP contribution is -2.25. The van der Waals surface area contributed by atoms with Crippen LogP contribution in [0.4, 0.5) is 17.1 Å². The molecule has 2 aliphatic rings. The van der Waals surface area contributed by atoms with Gasteiger partial charge in [0.1, 0.15) is 0 Å². The van der Waals surface area contributed by atoms with Crippen molar-refractivity contribution in [3.8, 4) is 0 Å². The Morgan fingerprint density at radius 1 is 0.529 bits per heavy atom. The summed E-state index contributed by atoms with van der Waals surface area (Å²) in [5.74, 6) is 0.998. The van der Waals surface area contributed by atoms with Crippen LogP contribution in [0.2, 0.25) is 0 Å². The van der Waals surface area contributed by atoms with Crippen LogP contribution in [0.25, 0.3) is 0 Å². The van der Waals surface area contributed by atoms with Crippen molar-refractivity contribution in [2.24, 2.45) is 9.74 Å². The van der Waals surface area contributed by atoms with Crippen molar-refractivity contribution in [2.45, 2.75) is 31.2 Å². The zero-order chi connectivity index (χ0) is 35.0. The van der Waals surface area contributed by atoms with E-state index >= 15 is 0 Å². The molecule has 4 nitrogen and oxygen atoms in total. The zero-order valence-electron chi connectivity index (χ0n) is 29.9. The lowest BCUT2D eigenvalue weighted by atomic mass is 9.67. The molecule has 254 valence electrons. The Labute approximate surface area is 303 Å². The predicted molar refractivity (Wildman–Crippen MR) is 219 cm³/mol. The maximum absolute atomic E-state index is 5.90. The Hall–Kier alpha value is -5.18. The Bertz CT molecular complexity index is 2090. The fourth-order valence-corrected chi connectivity index (χ4v) is 11.5. The van der Waals surface area contributed by atoms with E-state index in [-0.39, 0.29) is 0 Å². The van der Waals surface area contributed by atoms with Crippen LogP contribution in [0.15, 0.2) is 161 Å². The van der Waals surface area contributed by atoms with Crippen LogP contribution in [-0.2, 0) is 6.54 Å². The Balaban J connectivity index is 1.33. The number of benzene rings is 6. The summed E-state index contributed by atoms with van der Waals surface area (Å²) in [5, 5.41) is 3.71. The van der Waals surface area contributed by atoms with Gasteiger partial charge in [0.05, 0.1) is 25.0 Å². The van der Waals surface area contributed by atoms with Crippen LogP contribution in [-0.4, -0.2) is 33.9 Å². The van der Waals surface area contributed by atoms with Crippen molar-refractivity contribution >= 4 is 45.7 Å². The molecule has 0 heterocycles. The molecular weight excluding hydrogens is 640 g/mol. The van der Waals surface area contributed by atoms with Crippen molar-refractivity contribution in [3.63, 3.8) is 0 Å². The number of hydrogen-bond donors (Lipinski definition) is 0. The molecule has 2 aliphatic carbocycles. The predicted octanol–water partition coefficient (Wildman–Crippen LogP) is 9.64. The summed E-state index contributed by atoms with van der Waals surface area (Å²) in [5.41, 5.74) is 11.1. The Morgan fingerprint density at radius 3 is 1.39 bits per heavy atom. The van der Waals surface area contributed by atoms with Gasteiger partial charge in [-0.2, -0.15) is 0 Å². The number of fused-ring (bicyclic) bond motifs is 5. The van der Waals surface area contributed by atoms with E-state index in [4.69, 9.17) is 9.74 Å². The minimum absolute atomic E-state index is 0.499. The molecule has 0 aromatic heterocycles. The van der Waals surface area contributed by atoms with Crippen LogP contribution < -0.4 is 25.7 Å². The van der Waals surface area contributed by atoms with Gasteiger partial charge in [0.15, 0.2) is 0 Å². The normalized spacial score (nSPS) is 16.1. The summed E-state index contributed by atoms with van der Waals surface area (Å²) >= 11 is 0. The molecule has 0 N–H and O–H groups in total. The van der Waals surface area contributed by atoms with Gasteiger partial charge in [-0.1, -0.05) is 121 Å². The van der Waals surface area contributed by atoms with Gasteiger partial charge in [0.2, 0.25) is 0 Å². The summed E-state index contributed by atoms with van der Waals surface area (Å²) < 4.78 is 5.90. The van der Waals surface area contributed by atoms with Gasteiger partial charge >= 0.3 is 0 Å². The van der Waals surface area contributed by atoms with Gasteiger partial charge < -0.3 is 9.80 Å². The summed E-state index contributed by atoms with van der Waals surface area (Å²) in [4.78, 5) is 10.0. The third-order valence-electron chi connectivity index (χ3n) is 10.7. The molecule has 2 unspecified atom stereocenters. The van der Waals surface area contributed by atoms with Crippen molar-refractivity contribution in [1.29, 1.82) is 0 Å². The Morgan fingerprint density at radius 2 is 0.961 bits per heavy atom. The first-order valence-corrected chi connectivity index (χ1v) is 19.7. The van der Waals surface area contributed by atoms with Gasteiger partial charge in [-0.25, -0.2) is 0 Å². The second kappa shape index (κ2) is 13.9. The van der Waals surface area contributed by atoms with E-state index in [1.807, 2.05) is 0 Å². The quantitative estimate of drug-likeness (QED) is 0.150. The van der Waals surface area contributed by atoms with E-state index in [2.05, 4.69) is 190 Å². The lowest BCUT2D eigenvalue weighted by Gasteiger charge is -2.38. The fourth-order valence-electron chi connectivity index (χ4n) is 7.88. The molecule has 0 radical (unpaired) electrons. The average Bonchev–Trinajstić information content (AvgIpc) is 3.22. The standard InChI is InChI=1S/C46H45N4P/c1-49(2)34-24-26-41-43(30-34)39-28-29-40(39)44-31-35(50(3)4)25-27-42(44)46(41)47-32-33-16-14-15-23-45(33)48-51(36-17-8-5-9-18-36,37-19-10-6-11-20-37)38-21-12-7-13-22-38/h5-27,30-31,39-40H,28-29,32H2,1-4H3. The molecule has 8 rings (SSSR count). The minimum Gasteiger partial charge on any atom is -0.378 e. The molecular formula is C46H45N4P. The van der Waals surface area contributed by atoms with Crippen LogP contribution >= 0.6 is 7.05 Å². The maximum atomic E-state index is 5.90. The van der Waals surface area contributed by atoms with E-state index in [9.17, 15) is 0 Å². The molecule has 0 spiro atoms. The number of anilines is 2. The van der Waals surface area contributed by atoms with Crippen LogP contribution in [0.5, 0.6) is 0 Å². The second-order valence-corrected chi connectivity index (χ2v) is 17.2. The molecule has 6 aromatic rings. The summed E-state index contributed by atoms with van der Waals surface area (Å²) in [6.07, 6.45) is 2.42. The van der Waals surface area contributed by atoms with E-state index in [1.165, 1.54) is 62.4 Å². The SMILES string of the molecule is CN(C)c1ccc2c(c1)C1CCC1c1cc(N(C)C)ccc1C2=NCc1ccccc1N=P(c1ccccc1)(c1ccccc1)c1ccccc1. The fraction of sp³-hybridized carbons (Fsp3) is 0.196. The minimum atomic E-state index is -2.44. The molecule has 1 fully saturated rings. The van der Waals surface area contributed by atoms with Gasteiger partial charge in [-0.05, 0) is 71.7 Å². The van der Waals surface area contributed by atoms with Gasteiger partial charge in [-0.3, -0.25) is 9.74 Å². The molecule has 0 aliphatic heterocycles. The zero-order valence-corrected chi connectivity index (χ0v) is 30.8. The van der Waals surface area contributed by atoms with Gasteiger partial charge in [0.25, 0.3) is 0 Å². The summed E-state index contributed by atoms with van der Waals surface area (Å²) in [7, 11) is 6.09. The smallest absolute Gasteiger partial charge is 0.0728 e. The highest BCUT2D eigenvalue weighted by molar-refractivity contribution is 7.87. The molecule has 51 heavy (non-hydrogen) atoms. The molecule has 0 bridgehead atoms. The highest BCUT2D eigenvalue weighted by Gasteiger charge is 2.40. The number of hydrogen-bond acceptors (Lipinski definition) is 4. The van der Waals surface area contributed by atoms with E-state index in [1.54, 1.807) is 0 Å². The molecule has 1 saturated carbocycles. The van der Waals surface area contributed by atoms with Crippen molar-refractivity contribution in [3.05, 3.63) is 179 Å². The first-order chi connectivity index (χ1) is 24.9. The molecule has 6 aromatic carbocycles. The molecule has 2 atom stereocenters. The second-order valence-electron chi connectivity index (χ2n) is 14.2. The largest absolute Gasteiger partial charge is 0.378 e. The molecule has 5 heteroatoms. The summed E-state index contributed by atoms with van der Waals surface area (Å²) in [6.45, 7) is 0.534. The van der Waals surface area contributed by atoms with Crippen LogP contribution in [0, 0.1) is 0 Å². The van der Waals surface area contributed by atoms with Crippen molar-refractivity contribution in [1.82, 2.24) is 0 Å². The number of nitrogens with zero attached hydrogens (tertiary/aromatic N) is 4. The number of aliphatic imine (C=N–C) groups is 1. The summed E-state index contributed by atoms with van der Waals surface area (Å²) in [6, 6.07) is 55.2. The van der Waals surface area contributed by atoms with Crippen molar-refractivity contribution < 1.29 is 0 Å². The van der Waals surface area contributed by atoms with Gasteiger partial charge in [0, 0.05) is 66.6 Å². The van der Waals surface area contributed by atoms with Crippen LogP contribution in [0.3, 0.4) is 0 Å². The third-order valence-corrected chi connectivity index (χ3v) is 14.4. The lowest BCUT2D eigenvalue weighted by molar-refractivity contribution is 0.347. The van der Waals surface area contributed by atoms with Crippen LogP contribution in [0.1, 0.15) is 52.5 Å². The monoisotopic (exact) mass is 684 g/mol. The maximum Gasteiger partial charge on any atom is 0.0728 e. The molecule has 0 saturated heterocycles. The van der Waals surface area contributed by atoms with E-state index in [0.717, 1.165) is 17.0 Å². The highest BCUT2D eigenvalue weighted by Crippen LogP contribution is 2.54. The topological polar surface area (TPSA) is 31.2 Å². The average molecular weight is 685 g/mol. The van der Waals surface area contributed by atoms with E-state index < -0.39 is 7.05 Å².